The Hall–Kier alpha value is -1.10. The van der Waals surface area contributed by atoms with Crippen LogP contribution in [0.1, 0.15) is 29.3 Å². The van der Waals surface area contributed by atoms with E-state index in [2.05, 4.69) is 24.1 Å². The predicted molar refractivity (Wildman–Crippen MR) is 89.2 cm³/mol. The molecule has 0 aliphatic carbocycles. The van der Waals surface area contributed by atoms with E-state index in [9.17, 15) is 0 Å². The molecule has 114 valence electrons. The van der Waals surface area contributed by atoms with Gasteiger partial charge in [-0.1, -0.05) is 37.6 Å². The van der Waals surface area contributed by atoms with Gasteiger partial charge in [-0.15, -0.1) is 11.3 Å². The molecule has 0 saturated carbocycles. The van der Waals surface area contributed by atoms with Crippen molar-refractivity contribution >= 4 is 22.9 Å². The predicted octanol–water partition coefficient (Wildman–Crippen LogP) is 4.43. The maximum Gasteiger partial charge on any atom is 0.142 e. The summed E-state index contributed by atoms with van der Waals surface area (Å²) in [5, 5.41) is 5.12. The summed E-state index contributed by atoms with van der Waals surface area (Å²) in [6.07, 6.45) is 1.85. The zero-order valence-electron chi connectivity index (χ0n) is 12.6. The summed E-state index contributed by atoms with van der Waals surface area (Å²) in [7, 11) is 0. The molecule has 0 unspecified atom stereocenters. The molecule has 1 aromatic carbocycles. The smallest absolute Gasteiger partial charge is 0.142 e. The molecule has 0 bridgehead atoms. The van der Waals surface area contributed by atoms with Crippen molar-refractivity contribution in [1.29, 1.82) is 0 Å². The number of nitrogens with one attached hydrogen (secondary N) is 1. The quantitative estimate of drug-likeness (QED) is 0.818. The number of para-hydroxylation sites is 1. The number of thiazole rings is 1. The zero-order valence-corrected chi connectivity index (χ0v) is 14.2. The standard InChI is InChI=1S/C16H21ClN2OS/c1-11(2)7-18-8-13-5-4-6-15(17)16(13)20-10-14-9-19-12(3)21-14/h4-6,9,11,18H,7-8,10H2,1-3H3. The number of benzene rings is 1. The van der Waals surface area contributed by atoms with Crippen molar-refractivity contribution in [2.75, 3.05) is 6.54 Å². The first-order chi connectivity index (χ1) is 10.1. The van der Waals surface area contributed by atoms with Crippen LogP contribution in [0.25, 0.3) is 0 Å². The van der Waals surface area contributed by atoms with Crippen LogP contribution in [0.2, 0.25) is 5.02 Å². The van der Waals surface area contributed by atoms with E-state index in [0.717, 1.165) is 34.3 Å². The van der Waals surface area contributed by atoms with E-state index >= 15 is 0 Å². The van der Waals surface area contributed by atoms with Gasteiger partial charge in [0.05, 0.1) is 14.9 Å². The van der Waals surface area contributed by atoms with Crippen molar-refractivity contribution in [3.8, 4) is 5.75 Å². The van der Waals surface area contributed by atoms with Gasteiger partial charge in [0.15, 0.2) is 0 Å². The molecule has 1 heterocycles. The third-order valence-electron chi connectivity index (χ3n) is 2.94. The van der Waals surface area contributed by atoms with Crippen LogP contribution in [0.3, 0.4) is 0 Å². The Bertz CT molecular complexity index is 583. The number of aromatic nitrogens is 1. The van der Waals surface area contributed by atoms with Gasteiger partial charge >= 0.3 is 0 Å². The Balaban J connectivity index is 2.02. The molecular weight excluding hydrogens is 304 g/mol. The third kappa shape index (κ3) is 4.99. The summed E-state index contributed by atoms with van der Waals surface area (Å²) < 4.78 is 5.92. The fourth-order valence-electron chi connectivity index (χ4n) is 1.97. The molecule has 0 aliphatic rings. The van der Waals surface area contributed by atoms with Crippen molar-refractivity contribution < 1.29 is 4.74 Å². The summed E-state index contributed by atoms with van der Waals surface area (Å²) in [6, 6.07) is 5.87. The van der Waals surface area contributed by atoms with Crippen molar-refractivity contribution in [1.82, 2.24) is 10.3 Å². The first-order valence-electron chi connectivity index (χ1n) is 7.08. The summed E-state index contributed by atoms with van der Waals surface area (Å²) in [4.78, 5) is 5.34. The Morgan fingerprint density at radius 2 is 2.19 bits per heavy atom. The third-order valence-corrected chi connectivity index (χ3v) is 4.13. The maximum atomic E-state index is 6.28. The highest BCUT2D eigenvalue weighted by atomic mass is 35.5. The molecule has 0 aliphatic heterocycles. The molecule has 1 N–H and O–H groups in total. The van der Waals surface area contributed by atoms with Crippen LogP contribution in [0.4, 0.5) is 0 Å². The van der Waals surface area contributed by atoms with Crippen LogP contribution in [-0.4, -0.2) is 11.5 Å². The molecule has 0 fully saturated rings. The first kappa shape index (κ1) is 16.3. The van der Waals surface area contributed by atoms with Gasteiger partial charge in [-0.05, 0) is 25.5 Å². The molecule has 0 amide bonds. The van der Waals surface area contributed by atoms with Gasteiger partial charge in [-0.2, -0.15) is 0 Å². The summed E-state index contributed by atoms with van der Waals surface area (Å²) >= 11 is 7.92. The molecule has 0 saturated heterocycles. The SMILES string of the molecule is Cc1ncc(COc2c(Cl)cccc2CNCC(C)C)s1. The van der Waals surface area contributed by atoms with E-state index < -0.39 is 0 Å². The van der Waals surface area contributed by atoms with Gasteiger partial charge in [0, 0.05) is 18.3 Å². The van der Waals surface area contributed by atoms with Gasteiger partial charge in [0.25, 0.3) is 0 Å². The topological polar surface area (TPSA) is 34.1 Å². The summed E-state index contributed by atoms with van der Waals surface area (Å²) in [5.41, 5.74) is 1.09. The maximum absolute atomic E-state index is 6.28. The van der Waals surface area contributed by atoms with Gasteiger partial charge in [-0.3, -0.25) is 0 Å². The van der Waals surface area contributed by atoms with E-state index in [1.54, 1.807) is 11.3 Å². The Labute approximate surface area is 135 Å². The molecule has 0 radical (unpaired) electrons. The minimum Gasteiger partial charge on any atom is -0.486 e. The molecule has 21 heavy (non-hydrogen) atoms. The van der Waals surface area contributed by atoms with Gasteiger partial charge in [0.1, 0.15) is 12.4 Å². The Kier molecular flexibility index (Phi) is 6.03. The van der Waals surface area contributed by atoms with Crippen LogP contribution in [0.15, 0.2) is 24.4 Å². The number of aryl methyl sites for hydroxylation is 1. The Morgan fingerprint density at radius 3 is 2.86 bits per heavy atom. The van der Waals surface area contributed by atoms with Crippen molar-refractivity contribution in [2.45, 2.75) is 33.9 Å². The lowest BCUT2D eigenvalue weighted by Crippen LogP contribution is -2.19. The minimum atomic E-state index is 0.506. The molecule has 3 nitrogen and oxygen atoms in total. The van der Waals surface area contributed by atoms with E-state index in [1.807, 2.05) is 31.3 Å². The zero-order chi connectivity index (χ0) is 15.2. The van der Waals surface area contributed by atoms with Crippen LogP contribution in [0, 0.1) is 12.8 Å². The molecule has 0 atom stereocenters. The lowest BCUT2D eigenvalue weighted by molar-refractivity contribution is 0.305. The highest BCUT2D eigenvalue weighted by Crippen LogP contribution is 2.30. The monoisotopic (exact) mass is 324 g/mol. The van der Waals surface area contributed by atoms with E-state index in [-0.39, 0.29) is 0 Å². The molecular formula is C16H21ClN2OS. The summed E-state index contributed by atoms with van der Waals surface area (Å²) in [5.74, 6) is 1.38. The number of ether oxygens (including phenoxy) is 1. The second-order valence-electron chi connectivity index (χ2n) is 5.39. The van der Waals surface area contributed by atoms with Crippen LogP contribution < -0.4 is 10.1 Å². The highest BCUT2D eigenvalue weighted by molar-refractivity contribution is 7.11. The van der Waals surface area contributed by atoms with Crippen LogP contribution >= 0.6 is 22.9 Å². The fourth-order valence-corrected chi connectivity index (χ4v) is 2.92. The van der Waals surface area contributed by atoms with Crippen molar-refractivity contribution in [3.63, 3.8) is 0 Å². The van der Waals surface area contributed by atoms with Gasteiger partial charge in [0.2, 0.25) is 0 Å². The molecule has 1 aromatic heterocycles. The average Bonchev–Trinajstić information content (AvgIpc) is 2.83. The number of halogens is 1. The minimum absolute atomic E-state index is 0.506. The summed E-state index contributed by atoms with van der Waals surface area (Å²) in [6.45, 7) is 8.61. The highest BCUT2D eigenvalue weighted by Gasteiger charge is 2.09. The van der Waals surface area contributed by atoms with E-state index in [4.69, 9.17) is 16.3 Å². The number of rotatable bonds is 7. The van der Waals surface area contributed by atoms with E-state index in [1.165, 1.54) is 0 Å². The lowest BCUT2D eigenvalue weighted by Gasteiger charge is -2.14. The fraction of sp³-hybridized carbons (Fsp3) is 0.438. The van der Waals surface area contributed by atoms with E-state index in [0.29, 0.717) is 17.5 Å². The largest absolute Gasteiger partial charge is 0.486 e. The second kappa shape index (κ2) is 7.78. The number of nitrogens with zero attached hydrogens (tertiary/aromatic N) is 1. The Morgan fingerprint density at radius 1 is 1.38 bits per heavy atom. The molecule has 5 heteroatoms. The number of hydrogen-bond donors (Lipinski definition) is 1. The average molecular weight is 325 g/mol. The molecule has 2 rings (SSSR count). The normalized spacial score (nSPS) is 11.1. The van der Waals surface area contributed by atoms with Crippen molar-refractivity contribution in [3.05, 3.63) is 44.9 Å². The van der Waals surface area contributed by atoms with Crippen molar-refractivity contribution in [2.24, 2.45) is 5.92 Å². The molecule has 2 aromatic rings. The number of hydrogen-bond acceptors (Lipinski definition) is 4. The van der Waals surface area contributed by atoms with Crippen LogP contribution in [-0.2, 0) is 13.2 Å². The van der Waals surface area contributed by atoms with Gasteiger partial charge < -0.3 is 10.1 Å². The van der Waals surface area contributed by atoms with Gasteiger partial charge in [-0.25, -0.2) is 4.98 Å². The van der Waals surface area contributed by atoms with Crippen LogP contribution in [0.5, 0.6) is 5.75 Å². The second-order valence-corrected chi connectivity index (χ2v) is 7.11. The lowest BCUT2D eigenvalue weighted by atomic mass is 10.2. The first-order valence-corrected chi connectivity index (χ1v) is 8.28. The molecule has 0 spiro atoms.